The smallest absolute Gasteiger partial charge is 0.250 e. The van der Waals surface area contributed by atoms with Crippen LogP contribution < -0.4 is 10.9 Å². The van der Waals surface area contributed by atoms with Gasteiger partial charge in [-0.3, -0.25) is 9.89 Å². The van der Waals surface area contributed by atoms with Crippen LogP contribution in [0.2, 0.25) is 0 Å². The Labute approximate surface area is 106 Å². The summed E-state index contributed by atoms with van der Waals surface area (Å²) in [5, 5.41) is 10.4. The van der Waals surface area contributed by atoms with Crippen molar-refractivity contribution in [2.75, 3.05) is 5.32 Å². The Hall–Kier alpha value is -2.04. The number of aryl methyl sites for hydroxylation is 3. The van der Waals surface area contributed by atoms with Gasteiger partial charge in [-0.2, -0.15) is 5.10 Å². The molecule has 2 heterocycles. The molecule has 0 aromatic carbocycles. The number of pyridine rings is 1. The summed E-state index contributed by atoms with van der Waals surface area (Å²) in [6.45, 7) is 7.32. The van der Waals surface area contributed by atoms with E-state index in [1.54, 1.807) is 16.7 Å². The molecule has 2 aromatic heterocycles. The van der Waals surface area contributed by atoms with Gasteiger partial charge in [-0.25, -0.2) is 0 Å². The number of H-pyrrole nitrogens is 1. The summed E-state index contributed by atoms with van der Waals surface area (Å²) in [7, 11) is 0. The highest BCUT2D eigenvalue weighted by molar-refractivity contribution is 5.42. The van der Waals surface area contributed by atoms with E-state index >= 15 is 0 Å². The van der Waals surface area contributed by atoms with E-state index in [-0.39, 0.29) is 5.56 Å². The quantitative estimate of drug-likeness (QED) is 0.865. The molecule has 2 N–H and O–H groups in total. The highest BCUT2D eigenvalue weighted by atomic mass is 16.1. The van der Waals surface area contributed by atoms with Crippen LogP contribution in [0.5, 0.6) is 0 Å². The SMILES string of the molecule is CCn1cc(NCc2c(C)n[nH]c2C)ccc1=O. The van der Waals surface area contributed by atoms with Gasteiger partial charge in [0.05, 0.1) is 11.4 Å². The Kier molecular flexibility index (Phi) is 3.50. The number of nitrogens with zero attached hydrogens (tertiary/aromatic N) is 2. The molecular formula is C13H18N4O. The van der Waals surface area contributed by atoms with Crippen LogP contribution in [0.25, 0.3) is 0 Å². The maximum Gasteiger partial charge on any atom is 0.250 e. The summed E-state index contributed by atoms with van der Waals surface area (Å²) in [6.07, 6.45) is 1.84. The molecule has 5 heteroatoms. The Bertz CT molecular complexity index is 578. The van der Waals surface area contributed by atoms with E-state index in [1.807, 2.05) is 27.0 Å². The van der Waals surface area contributed by atoms with Crippen LogP contribution >= 0.6 is 0 Å². The minimum Gasteiger partial charge on any atom is -0.380 e. The van der Waals surface area contributed by atoms with Crippen LogP contribution in [0.4, 0.5) is 5.69 Å². The number of aromatic amines is 1. The minimum atomic E-state index is 0.0266. The number of hydrogen-bond donors (Lipinski definition) is 2. The number of rotatable bonds is 4. The monoisotopic (exact) mass is 246 g/mol. The molecule has 0 atom stereocenters. The third kappa shape index (κ3) is 2.45. The number of hydrogen-bond acceptors (Lipinski definition) is 3. The summed E-state index contributed by atoms with van der Waals surface area (Å²) in [5.74, 6) is 0. The average molecular weight is 246 g/mol. The predicted molar refractivity (Wildman–Crippen MR) is 71.8 cm³/mol. The molecule has 0 radical (unpaired) electrons. The van der Waals surface area contributed by atoms with Crippen LogP contribution in [0.1, 0.15) is 23.9 Å². The molecule has 2 aromatic rings. The van der Waals surface area contributed by atoms with E-state index in [1.165, 1.54) is 5.56 Å². The molecule has 0 aliphatic rings. The van der Waals surface area contributed by atoms with Gasteiger partial charge in [-0.15, -0.1) is 0 Å². The van der Waals surface area contributed by atoms with Crippen molar-refractivity contribution >= 4 is 5.69 Å². The van der Waals surface area contributed by atoms with E-state index in [2.05, 4.69) is 15.5 Å². The molecule has 0 saturated heterocycles. The molecule has 2 rings (SSSR count). The molecule has 0 spiro atoms. The maximum absolute atomic E-state index is 11.5. The van der Waals surface area contributed by atoms with Crippen LogP contribution in [0.3, 0.4) is 0 Å². The zero-order valence-corrected chi connectivity index (χ0v) is 10.9. The van der Waals surface area contributed by atoms with Gasteiger partial charge in [-0.05, 0) is 26.8 Å². The van der Waals surface area contributed by atoms with Crippen LogP contribution in [-0.4, -0.2) is 14.8 Å². The summed E-state index contributed by atoms with van der Waals surface area (Å²) < 4.78 is 1.68. The van der Waals surface area contributed by atoms with E-state index in [0.717, 1.165) is 17.1 Å². The molecule has 0 saturated carbocycles. The van der Waals surface area contributed by atoms with Gasteiger partial charge in [-0.1, -0.05) is 0 Å². The maximum atomic E-state index is 11.5. The predicted octanol–water partition coefficient (Wildman–Crippen LogP) is 1.82. The van der Waals surface area contributed by atoms with Gasteiger partial charge < -0.3 is 9.88 Å². The summed E-state index contributed by atoms with van der Waals surface area (Å²) in [6, 6.07) is 3.39. The Morgan fingerprint density at radius 3 is 2.78 bits per heavy atom. The lowest BCUT2D eigenvalue weighted by Crippen LogP contribution is -2.17. The van der Waals surface area contributed by atoms with Crippen molar-refractivity contribution < 1.29 is 0 Å². The van der Waals surface area contributed by atoms with Crippen molar-refractivity contribution in [1.82, 2.24) is 14.8 Å². The first-order valence-electron chi connectivity index (χ1n) is 6.06. The lowest BCUT2D eigenvalue weighted by molar-refractivity contribution is 0.727. The van der Waals surface area contributed by atoms with Gasteiger partial charge in [0.15, 0.2) is 0 Å². The Morgan fingerprint density at radius 1 is 1.39 bits per heavy atom. The lowest BCUT2D eigenvalue weighted by Gasteiger charge is -2.09. The fraction of sp³-hybridized carbons (Fsp3) is 0.385. The number of nitrogens with one attached hydrogen (secondary N) is 2. The third-order valence-corrected chi connectivity index (χ3v) is 3.07. The van der Waals surface area contributed by atoms with Crippen molar-refractivity contribution in [3.63, 3.8) is 0 Å². The van der Waals surface area contributed by atoms with Crippen LogP contribution in [0, 0.1) is 13.8 Å². The van der Waals surface area contributed by atoms with Crippen molar-refractivity contribution in [3.8, 4) is 0 Å². The largest absolute Gasteiger partial charge is 0.380 e. The van der Waals surface area contributed by atoms with Crippen LogP contribution in [-0.2, 0) is 13.1 Å². The molecule has 96 valence electrons. The van der Waals surface area contributed by atoms with Gasteiger partial charge in [0.1, 0.15) is 0 Å². The number of aromatic nitrogens is 3. The second kappa shape index (κ2) is 5.08. The average Bonchev–Trinajstić information content (AvgIpc) is 2.68. The van der Waals surface area contributed by atoms with Gasteiger partial charge in [0.25, 0.3) is 5.56 Å². The molecule has 0 amide bonds. The van der Waals surface area contributed by atoms with Crippen molar-refractivity contribution in [1.29, 1.82) is 0 Å². The number of anilines is 1. The van der Waals surface area contributed by atoms with Gasteiger partial charge in [0, 0.05) is 36.6 Å². The fourth-order valence-corrected chi connectivity index (χ4v) is 1.91. The molecule has 0 aliphatic heterocycles. The molecule has 0 bridgehead atoms. The summed E-state index contributed by atoms with van der Waals surface area (Å²) in [4.78, 5) is 11.5. The summed E-state index contributed by atoms with van der Waals surface area (Å²) >= 11 is 0. The van der Waals surface area contributed by atoms with Gasteiger partial charge in [0.2, 0.25) is 0 Å². The molecule has 0 fully saturated rings. The second-order valence-electron chi connectivity index (χ2n) is 4.31. The molecule has 0 unspecified atom stereocenters. The topological polar surface area (TPSA) is 62.7 Å². The van der Waals surface area contributed by atoms with E-state index in [9.17, 15) is 4.79 Å². The highest BCUT2D eigenvalue weighted by Crippen LogP contribution is 2.12. The standard InChI is InChI=1S/C13H18N4O/c1-4-17-8-11(5-6-13(17)18)14-7-12-9(2)15-16-10(12)3/h5-6,8,14H,4,7H2,1-3H3,(H,15,16). The zero-order chi connectivity index (χ0) is 13.1. The van der Waals surface area contributed by atoms with E-state index in [4.69, 9.17) is 0 Å². The van der Waals surface area contributed by atoms with Crippen molar-refractivity contribution in [2.45, 2.75) is 33.9 Å². The normalized spacial score (nSPS) is 10.6. The molecule has 0 aliphatic carbocycles. The first kappa shape index (κ1) is 12.4. The van der Waals surface area contributed by atoms with Crippen molar-refractivity contribution in [3.05, 3.63) is 45.6 Å². The molecular weight excluding hydrogens is 228 g/mol. The highest BCUT2D eigenvalue weighted by Gasteiger charge is 2.05. The Morgan fingerprint density at radius 2 is 2.17 bits per heavy atom. The third-order valence-electron chi connectivity index (χ3n) is 3.07. The fourth-order valence-electron chi connectivity index (χ4n) is 1.91. The Balaban J connectivity index is 2.13. The van der Waals surface area contributed by atoms with Gasteiger partial charge >= 0.3 is 0 Å². The molecule has 5 nitrogen and oxygen atoms in total. The zero-order valence-electron chi connectivity index (χ0n) is 10.9. The second-order valence-corrected chi connectivity index (χ2v) is 4.31. The van der Waals surface area contributed by atoms with Crippen LogP contribution in [0.15, 0.2) is 23.1 Å². The molecule has 18 heavy (non-hydrogen) atoms. The summed E-state index contributed by atoms with van der Waals surface area (Å²) in [5.41, 5.74) is 4.21. The minimum absolute atomic E-state index is 0.0266. The first-order valence-corrected chi connectivity index (χ1v) is 6.06. The first-order chi connectivity index (χ1) is 8.61. The van der Waals surface area contributed by atoms with E-state index < -0.39 is 0 Å². The van der Waals surface area contributed by atoms with E-state index in [0.29, 0.717) is 13.1 Å². The lowest BCUT2D eigenvalue weighted by atomic mass is 10.2. The van der Waals surface area contributed by atoms with Crippen molar-refractivity contribution in [2.24, 2.45) is 0 Å².